The van der Waals surface area contributed by atoms with Crippen LogP contribution in [0.1, 0.15) is 71.6 Å². The van der Waals surface area contributed by atoms with Crippen LogP contribution in [0.3, 0.4) is 0 Å². The highest BCUT2D eigenvalue weighted by molar-refractivity contribution is 6.07. The first-order valence-corrected chi connectivity index (χ1v) is 11.1. The maximum Gasteiger partial charge on any atom is 0.270 e. The van der Waals surface area contributed by atoms with E-state index >= 15 is 0 Å². The normalized spacial score (nSPS) is 15.4. The number of nitrogens with one attached hydrogen (secondary N) is 2. The quantitative estimate of drug-likeness (QED) is 0.584. The molecule has 1 aromatic carbocycles. The summed E-state index contributed by atoms with van der Waals surface area (Å²) < 4.78 is 16.5. The summed E-state index contributed by atoms with van der Waals surface area (Å²) in [5, 5.41) is 4.78. The highest BCUT2D eigenvalue weighted by Gasteiger charge is 2.30. The van der Waals surface area contributed by atoms with Gasteiger partial charge in [-0.3, -0.25) is 20.4 Å². The van der Waals surface area contributed by atoms with Crippen molar-refractivity contribution in [2.45, 2.75) is 46.0 Å². The molecule has 5 rings (SSSR count). The van der Waals surface area contributed by atoms with Gasteiger partial charge in [0.2, 0.25) is 0 Å². The van der Waals surface area contributed by atoms with Crippen molar-refractivity contribution in [3.05, 3.63) is 46.8 Å². The van der Waals surface area contributed by atoms with E-state index in [2.05, 4.69) is 41.8 Å². The van der Waals surface area contributed by atoms with Crippen molar-refractivity contribution >= 4 is 22.9 Å². The van der Waals surface area contributed by atoms with Crippen molar-refractivity contribution in [3.8, 4) is 11.5 Å². The molecule has 1 saturated carbocycles. The molecule has 1 aliphatic heterocycles. The first kappa shape index (κ1) is 21.2. The Morgan fingerprint density at radius 1 is 1.03 bits per heavy atom. The minimum Gasteiger partial charge on any atom is -0.486 e. The van der Waals surface area contributed by atoms with Crippen LogP contribution in [0.15, 0.2) is 28.8 Å². The SMILES string of the molecule is CC(C)(C)Cc1noc2nc(C3CC3)cc(C(=O)NNC(=O)c3ccc4c(c3)OCCO4)c12. The van der Waals surface area contributed by atoms with Gasteiger partial charge in [0, 0.05) is 17.2 Å². The largest absolute Gasteiger partial charge is 0.486 e. The fraction of sp³-hybridized carbons (Fsp3) is 0.417. The molecule has 9 nitrogen and oxygen atoms in total. The molecule has 33 heavy (non-hydrogen) atoms. The molecule has 0 bridgehead atoms. The van der Waals surface area contributed by atoms with Crippen LogP contribution in [0.4, 0.5) is 0 Å². The van der Waals surface area contributed by atoms with Crippen molar-refractivity contribution in [2.75, 3.05) is 13.2 Å². The maximum atomic E-state index is 13.2. The zero-order valence-corrected chi connectivity index (χ0v) is 18.9. The summed E-state index contributed by atoms with van der Waals surface area (Å²) in [6, 6.07) is 6.67. The van der Waals surface area contributed by atoms with Gasteiger partial charge in [0.15, 0.2) is 11.5 Å². The lowest BCUT2D eigenvalue weighted by Crippen LogP contribution is -2.41. The lowest BCUT2D eigenvalue weighted by molar-refractivity contribution is 0.0847. The van der Waals surface area contributed by atoms with E-state index in [1.165, 1.54) is 0 Å². The second-order valence-electron chi connectivity index (χ2n) is 9.68. The average Bonchev–Trinajstić information content (AvgIpc) is 3.57. The van der Waals surface area contributed by atoms with Crippen LogP contribution in [0.25, 0.3) is 11.1 Å². The number of fused-ring (bicyclic) bond motifs is 2. The van der Waals surface area contributed by atoms with Crippen LogP contribution in [-0.2, 0) is 6.42 Å². The van der Waals surface area contributed by atoms with Crippen LogP contribution >= 0.6 is 0 Å². The number of hydrogen-bond acceptors (Lipinski definition) is 7. The summed E-state index contributed by atoms with van der Waals surface area (Å²) in [5.74, 6) is 0.500. The Morgan fingerprint density at radius 2 is 1.76 bits per heavy atom. The van der Waals surface area contributed by atoms with E-state index in [9.17, 15) is 9.59 Å². The summed E-state index contributed by atoms with van der Waals surface area (Å²) in [6.07, 6.45) is 2.68. The van der Waals surface area contributed by atoms with E-state index in [1.807, 2.05) is 0 Å². The van der Waals surface area contributed by atoms with Crippen molar-refractivity contribution < 1.29 is 23.6 Å². The maximum absolute atomic E-state index is 13.2. The Morgan fingerprint density at radius 3 is 2.48 bits per heavy atom. The molecule has 2 N–H and O–H groups in total. The van der Waals surface area contributed by atoms with E-state index in [1.54, 1.807) is 24.3 Å². The second-order valence-corrected chi connectivity index (χ2v) is 9.68. The lowest BCUT2D eigenvalue weighted by Gasteiger charge is -2.18. The summed E-state index contributed by atoms with van der Waals surface area (Å²) in [4.78, 5) is 30.4. The third-order valence-corrected chi connectivity index (χ3v) is 5.57. The lowest BCUT2D eigenvalue weighted by atomic mass is 9.89. The molecule has 0 unspecified atom stereocenters. The smallest absolute Gasteiger partial charge is 0.270 e. The molecule has 3 aromatic rings. The van der Waals surface area contributed by atoms with Crippen LogP contribution < -0.4 is 20.3 Å². The molecule has 3 heterocycles. The number of amides is 2. The first-order chi connectivity index (χ1) is 15.8. The van der Waals surface area contributed by atoms with Gasteiger partial charge in [0.1, 0.15) is 13.2 Å². The Hall–Kier alpha value is -3.62. The molecule has 0 radical (unpaired) electrons. The summed E-state index contributed by atoms with van der Waals surface area (Å²) >= 11 is 0. The topological polar surface area (TPSA) is 116 Å². The Labute approximate surface area is 190 Å². The number of nitrogens with zero attached hydrogens (tertiary/aromatic N) is 2. The minimum atomic E-state index is -0.465. The zero-order valence-electron chi connectivity index (χ0n) is 18.9. The fourth-order valence-corrected chi connectivity index (χ4v) is 3.86. The van der Waals surface area contributed by atoms with E-state index in [4.69, 9.17) is 14.0 Å². The number of pyridine rings is 1. The van der Waals surface area contributed by atoms with Gasteiger partial charge in [-0.05, 0) is 48.9 Å². The number of benzene rings is 1. The number of ether oxygens (including phenoxy) is 2. The Balaban J connectivity index is 1.39. The van der Waals surface area contributed by atoms with E-state index < -0.39 is 11.8 Å². The van der Waals surface area contributed by atoms with Crippen LogP contribution in [0.5, 0.6) is 11.5 Å². The van der Waals surface area contributed by atoms with Gasteiger partial charge in [-0.15, -0.1) is 0 Å². The van der Waals surface area contributed by atoms with Gasteiger partial charge < -0.3 is 14.0 Å². The molecular formula is C24H26N4O5. The predicted molar refractivity (Wildman–Crippen MR) is 119 cm³/mol. The molecule has 2 aromatic heterocycles. The van der Waals surface area contributed by atoms with Gasteiger partial charge in [0.25, 0.3) is 17.5 Å². The third-order valence-electron chi connectivity index (χ3n) is 5.57. The fourth-order valence-electron chi connectivity index (χ4n) is 3.86. The van der Waals surface area contributed by atoms with Crippen LogP contribution in [-0.4, -0.2) is 35.2 Å². The van der Waals surface area contributed by atoms with Crippen molar-refractivity contribution in [2.24, 2.45) is 5.41 Å². The number of hydrazine groups is 1. The molecule has 1 fully saturated rings. The summed E-state index contributed by atoms with van der Waals surface area (Å²) in [7, 11) is 0. The zero-order chi connectivity index (χ0) is 23.2. The molecule has 2 amide bonds. The van der Waals surface area contributed by atoms with Gasteiger partial charge in [0.05, 0.1) is 16.6 Å². The van der Waals surface area contributed by atoms with Crippen LogP contribution in [0.2, 0.25) is 0 Å². The molecular weight excluding hydrogens is 424 g/mol. The Kier molecular flexibility index (Phi) is 5.19. The highest BCUT2D eigenvalue weighted by atomic mass is 16.6. The molecule has 2 aliphatic rings. The standard InChI is InChI=1S/C24H26N4O5/c1-24(2,3)12-17-20-15(11-16(13-4-5-13)25-23(20)33-28-17)22(30)27-26-21(29)14-6-7-18-19(10-14)32-9-8-31-18/h6-7,10-11,13H,4-5,8-9,12H2,1-3H3,(H,26,29)(H,27,30). The van der Waals surface area contributed by atoms with Gasteiger partial charge >= 0.3 is 0 Å². The summed E-state index contributed by atoms with van der Waals surface area (Å²) in [5.41, 5.74) is 7.53. The van der Waals surface area contributed by atoms with Gasteiger partial charge in [-0.2, -0.15) is 0 Å². The molecule has 0 saturated heterocycles. The average molecular weight is 450 g/mol. The number of hydrogen-bond donors (Lipinski definition) is 2. The molecule has 0 atom stereocenters. The molecule has 9 heteroatoms. The number of aromatic nitrogens is 2. The van der Waals surface area contributed by atoms with Gasteiger partial charge in [-0.1, -0.05) is 25.9 Å². The number of rotatable bonds is 4. The molecule has 1 aliphatic carbocycles. The third kappa shape index (κ3) is 4.48. The predicted octanol–water partition coefficient (Wildman–Crippen LogP) is 3.53. The minimum absolute atomic E-state index is 0.0564. The highest BCUT2D eigenvalue weighted by Crippen LogP contribution is 2.41. The number of carbonyl (C=O) groups excluding carboxylic acids is 2. The second kappa shape index (κ2) is 8.06. The van der Waals surface area contributed by atoms with Crippen molar-refractivity contribution in [1.29, 1.82) is 0 Å². The van der Waals surface area contributed by atoms with Gasteiger partial charge in [-0.25, -0.2) is 4.98 Å². The summed E-state index contributed by atoms with van der Waals surface area (Å²) in [6.45, 7) is 7.16. The van der Waals surface area contributed by atoms with Crippen LogP contribution in [0, 0.1) is 5.41 Å². The van der Waals surface area contributed by atoms with E-state index in [0.29, 0.717) is 65.0 Å². The Bertz CT molecular complexity index is 1240. The van der Waals surface area contributed by atoms with Crippen molar-refractivity contribution in [3.63, 3.8) is 0 Å². The molecule has 172 valence electrons. The van der Waals surface area contributed by atoms with Crippen molar-refractivity contribution in [1.82, 2.24) is 21.0 Å². The van der Waals surface area contributed by atoms with E-state index in [-0.39, 0.29) is 5.41 Å². The monoisotopic (exact) mass is 450 g/mol. The number of carbonyl (C=O) groups is 2. The molecule has 0 spiro atoms. The van der Waals surface area contributed by atoms with E-state index in [0.717, 1.165) is 18.5 Å². The first-order valence-electron chi connectivity index (χ1n) is 11.1.